The maximum absolute atomic E-state index is 11.1. The van der Waals surface area contributed by atoms with Crippen LogP contribution in [0.15, 0.2) is 29.4 Å². The highest BCUT2D eigenvalue weighted by Gasteiger charge is 2.38. The van der Waals surface area contributed by atoms with Crippen LogP contribution in [0.4, 0.5) is 0 Å². The summed E-state index contributed by atoms with van der Waals surface area (Å²) in [5, 5.41) is 13.4. The van der Waals surface area contributed by atoms with Gasteiger partial charge in [0.05, 0.1) is 5.71 Å². The molecule has 4 nitrogen and oxygen atoms in total. The summed E-state index contributed by atoms with van der Waals surface area (Å²) in [6.07, 6.45) is -0.560. The van der Waals surface area contributed by atoms with Gasteiger partial charge in [0.2, 0.25) is 0 Å². The Morgan fingerprint density at radius 2 is 2.06 bits per heavy atom. The summed E-state index contributed by atoms with van der Waals surface area (Å²) in [5.74, 6) is -1.65. The van der Waals surface area contributed by atoms with Crippen molar-refractivity contribution in [3.05, 3.63) is 34.9 Å². The number of carboxylic acids is 1. The zero-order chi connectivity index (χ0) is 11.7. The lowest BCUT2D eigenvalue weighted by Gasteiger charge is -2.14. The molecule has 1 aromatic carbocycles. The maximum Gasteiger partial charge on any atom is 0.316 e. The van der Waals surface area contributed by atoms with Gasteiger partial charge in [0.15, 0.2) is 6.10 Å². The number of halogens is 1. The molecule has 16 heavy (non-hydrogen) atoms. The van der Waals surface area contributed by atoms with Crippen molar-refractivity contribution < 1.29 is 14.7 Å². The van der Waals surface area contributed by atoms with Gasteiger partial charge in [0.1, 0.15) is 5.92 Å². The monoisotopic (exact) mass is 239 g/mol. The van der Waals surface area contributed by atoms with Crippen molar-refractivity contribution in [3.8, 4) is 0 Å². The summed E-state index contributed by atoms with van der Waals surface area (Å²) in [6.45, 7) is 1.65. The number of aliphatic carboxylic acids is 1. The molecule has 2 unspecified atom stereocenters. The maximum atomic E-state index is 11.1. The number of carbonyl (C=O) groups is 1. The van der Waals surface area contributed by atoms with Crippen LogP contribution in [0, 0.1) is 5.92 Å². The van der Waals surface area contributed by atoms with Gasteiger partial charge in [-0.25, -0.2) is 0 Å². The first-order chi connectivity index (χ1) is 7.59. The smallest absolute Gasteiger partial charge is 0.316 e. The van der Waals surface area contributed by atoms with E-state index >= 15 is 0 Å². The lowest BCUT2D eigenvalue weighted by Crippen LogP contribution is -2.24. The van der Waals surface area contributed by atoms with E-state index in [1.807, 2.05) is 0 Å². The largest absolute Gasteiger partial charge is 0.481 e. The second kappa shape index (κ2) is 4.14. The molecule has 5 heteroatoms. The second-order valence-electron chi connectivity index (χ2n) is 3.63. The normalized spacial score (nSPS) is 23.8. The molecule has 0 saturated carbocycles. The van der Waals surface area contributed by atoms with E-state index in [9.17, 15) is 4.79 Å². The minimum atomic E-state index is -0.932. The molecule has 0 aliphatic carbocycles. The molecular formula is C11H10ClNO3. The minimum absolute atomic E-state index is 0.479. The number of rotatable bonds is 2. The van der Waals surface area contributed by atoms with Crippen molar-refractivity contribution in [1.82, 2.24) is 0 Å². The number of hydrogen-bond acceptors (Lipinski definition) is 3. The highest BCUT2D eigenvalue weighted by atomic mass is 35.5. The van der Waals surface area contributed by atoms with Crippen LogP contribution < -0.4 is 0 Å². The van der Waals surface area contributed by atoms with E-state index in [1.54, 1.807) is 31.2 Å². The predicted molar refractivity (Wildman–Crippen MR) is 59.5 cm³/mol. The van der Waals surface area contributed by atoms with Crippen LogP contribution in [0.2, 0.25) is 5.02 Å². The first-order valence-electron chi connectivity index (χ1n) is 4.78. The first kappa shape index (κ1) is 11.0. The summed E-state index contributed by atoms with van der Waals surface area (Å²) in [7, 11) is 0. The highest BCUT2D eigenvalue weighted by molar-refractivity contribution is 6.30. The number of oxime groups is 1. The van der Waals surface area contributed by atoms with Crippen molar-refractivity contribution in [2.75, 3.05) is 0 Å². The van der Waals surface area contributed by atoms with Crippen LogP contribution in [0.25, 0.3) is 0 Å². The molecule has 0 aromatic heterocycles. The Hall–Kier alpha value is -1.55. The molecule has 1 N–H and O–H groups in total. The molecular weight excluding hydrogens is 230 g/mol. The average molecular weight is 240 g/mol. The third-order valence-corrected chi connectivity index (χ3v) is 2.78. The predicted octanol–water partition coefficient (Wildman–Crippen LogP) is 2.49. The molecule has 84 valence electrons. The van der Waals surface area contributed by atoms with Crippen LogP contribution in [0.5, 0.6) is 0 Å². The van der Waals surface area contributed by atoms with Crippen molar-refractivity contribution in [2.45, 2.75) is 13.0 Å². The lowest BCUT2D eigenvalue weighted by atomic mass is 9.93. The van der Waals surface area contributed by atoms with Crippen LogP contribution in [-0.4, -0.2) is 16.8 Å². The Labute approximate surface area is 97.5 Å². The summed E-state index contributed by atoms with van der Waals surface area (Å²) >= 11 is 5.76. The van der Waals surface area contributed by atoms with Gasteiger partial charge in [-0.05, 0) is 24.6 Å². The van der Waals surface area contributed by atoms with E-state index in [2.05, 4.69) is 5.16 Å². The van der Waals surface area contributed by atoms with E-state index in [-0.39, 0.29) is 0 Å². The van der Waals surface area contributed by atoms with Crippen molar-refractivity contribution in [2.24, 2.45) is 11.1 Å². The summed E-state index contributed by atoms with van der Waals surface area (Å²) in [5.41, 5.74) is 1.24. The Morgan fingerprint density at radius 1 is 1.44 bits per heavy atom. The summed E-state index contributed by atoms with van der Waals surface area (Å²) < 4.78 is 0. The van der Waals surface area contributed by atoms with Gasteiger partial charge in [0, 0.05) is 5.02 Å². The Balaban J connectivity index is 2.29. The molecule has 1 aliphatic heterocycles. The highest BCUT2D eigenvalue weighted by Crippen LogP contribution is 2.33. The third kappa shape index (κ3) is 1.88. The first-order valence-corrected chi connectivity index (χ1v) is 5.16. The van der Waals surface area contributed by atoms with E-state index in [0.29, 0.717) is 10.7 Å². The standard InChI is InChI=1S/C11H10ClNO3/c1-6-9(11(14)15)10(16-13-6)7-2-4-8(12)5-3-7/h2-5,9-10H,1H3,(H,14,15). The quantitative estimate of drug-likeness (QED) is 0.863. The average Bonchev–Trinajstić information content (AvgIpc) is 2.61. The number of carboxylic acid groups (broad SMARTS) is 1. The fraction of sp³-hybridized carbons (Fsp3) is 0.273. The number of nitrogens with zero attached hydrogens (tertiary/aromatic N) is 1. The van der Waals surface area contributed by atoms with E-state index in [0.717, 1.165) is 5.56 Å². The van der Waals surface area contributed by atoms with Crippen molar-refractivity contribution in [1.29, 1.82) is 0 Å². The SMILES string of the molecule is CC1=NOC(c2ccc(Cl)cc2)C1C(=O)O. The summed E-state index contributed by atoms with van der Waals surface area (Å²) in [6, 6.07) is 6.90. The van der Waals surface area contributed by atoms with E-state index in [1.165, 1.54) is 0 Å². The Bertz CT molecular complexity index is 441. The van der Waals surface area contributed by atoms with Crippen LogP contribution in [0.1, 0.15) is 18.6 Å². The van der Waals surface area contributed by atoms with Gasteiger partial charge in [-0.3, -0.25) is 4.79 Å². The molecule has 1 heterocycles. The van der Waals surface area contributed by atoms with Gasteiger partial charge in [-0.1, -0.05) is 28.9 Å². The molecule has 1 aliphatic rings. The Kier molecular flexibility index (Phi) is 2.83. The molecule has 2 atom stereocenters. The molecule has 2 rings (SSSR count). The van der Waals surface area contributed by atoms with Gasteiger partial charge >= 0.3 is 5.97 Å². The van der Waals surface area contributed by atoms with E-state index in [4.69, 9.17) is 21.5 Å². The molecule has 0 spiro atoms. The van der Waals surface area contributed by atoms with Crippen LogP contribution in [0.3, 0.4) is 0 Å². The van der Waals surface area contributed by atoms with Crippen molar-refractivity contribution >= 4 is 23.3 Å². The minimum Gasteiger partial charge on any atom is -0.481 e. The van der Waals surface area contributed by atoms with E-state index < -0.39 is 18.0 Å². The third-order valence-electron chi connectivity index (χ3n) is 2.53. The zero-order valence-electron chi connectivity index (χ0n) is 8.55. The number of benzene rings is 1. The number of hydrogen-bond donors (Lipinski definition) is 1. The van der Waals surface area contributed by atoms with Crippen LogP contribution >= 0.6 is 11.6 Å². The molecule has 0 saturated heterocycles. The van der Waals surface area contributed by atoms with Gasteiger partial charge in [-0.15, -0.1) is 0 Å². The zero-order valence-corrected chi connectivity index (χ0v) is 9.31. The molecule has 0 amide bonds. The Morgan fingerprint density at radius 3 is 2.62 bits per heavy atom. The summed E-state index contributed by atoms with van der Waals surface area (Å²) in [4.78, 5) is 16.2. The fourth-order valence-electron chi connectivity index (χ4n) is 1.69. The van der Waals surface area contributed by atoms with Crippen molar-refractivity contribution in [3.63, 3.8) is 0 Å². The van der Waals surface area contributed by atoms with Gasteiger partial charge in [-0.2, -0.15) is 0 Å². The van der Waals surface area contributed by atoms with Gasteiger partial charge < -0.3 is 9.94 Å². The lowest BCUT2D eigenvalue weighted by molar-refractivity contribution is -0.142. The molecule has 0 radical (unpaired) electrons. The molecule has 0 bridgehead atoms. The molecule has 1 aromatic rings. The fourth-order valence-corrected chi connectivity index (χ4v) is 1.82. The molecule has 0 fully saturated rings. The van der Waals surface area contributed by atoms with Gasteiger partial charge in [0.25, 0.3) is 0 Å². The topological polar surface area (TPSA) is 58.9 Å². The van der Waals surface area contributed by atoms with Crippen LogP contribution in [-0.2, 0) is 9.63 Å². The second-order valence-corrected chi connectivity index (χ2v) is 4.06.